The highest BCUT2D eigenvalue weighted by Crippen LogP contribution is 2.27. The lowest BCUT2D eigenvalue weighted by Crippen LogP contribution is -2.07. The molecule has 3 aromatic rings. The molecule has 102 valence electrons. The van der Waals surface area contributed by atoms with Crippen LogP contribution in [0.5, 0.6) is 0 Å². The molecule has 3 N–H and O–H groups in total. The number of aryl methyl sites for hydroxylation is 1. The van der Waals surface area contributed by atoms with Crippen molar-refractivity contribution < 1.29 is 5.11 Å². The van der Waals surface area contributed by atoms with Crippen molar-refractivity contribution in [2.24, 2.45) is 0 Å². The van der Waals surface area contributed by atoms with Crippen molar-refractivity contribution in [3.8, 4) is 11.3 Å². The molecule has 1 aromatic carbocycles. The van der Waals surface area contributed by atoms with Crippen LogP contribution in [0.25, 0.3) is 22.2 Å². The number of rotatable bonds is 4. The first-order valence-electron chi connectivity index (χ1n) is 6.54. The number of H-pyrrole nitrogens is 1. The average Bonchev–Trinajstić information content (AvgIpc) is 2.88. The fourth-order valence-corrected chi connectivity index (χ4v) is 2.20. The number of nitrogens with zero attached hydrogens (tertiary/aromatic N) is 2. The quantitative estimate of drug-likeness (QED) is 0.679. The summed E-state index contributed by atoms with van der Waals surface area (Å²) < 4.78 is 0. The number of aliphatic hydroxyl groups excluding tert-OH is 1. The Morgan fingerprint density at radius 3 is 2.85 bits per heavy atom. The Bertz CT molecular complexity index is 718. The van der Waals surface area contributed by atoms with Gasteiger partial charge >= 0.3 is 0 Å². The van der Waals surface area contributed by atoms with E-state index in [1.54, 1.807) is 0 Å². The van der Waals surface area contributed by atoms with Gasteiger partial charge in [0.15, 0.2) is 0 Å². The summed E-state index contributed by atoms with van der Waals surface area (Å²) in [5, 5.41) is 21.2. The zero-order chi connectivity index (χ0) is 13.9. The molecule has 5 heteroatoms. The van der Waals surface area contributed by atoms with Crippen LogP contribution >= 0.6 is 0 Å². The van der Waals surface area contributed by atoms with E-state index in [1.807, 2.05) is 18.3 Å². The van der Waals surface area contributed by atoms with E-state index in [0.29, 0.717) is 12.4 Å². The van der Waals surface area contributed by atoms with Gasteiger partial charge in [0.2, 0.25) is 0 Å². The summed E-state index contributed by atoms with van der Waals surface area (Å²) in [6.07, 6.45) is 1.95. The summed E-state index contributed by atoms with van der Waals surface area (Å²) in [5.41, 5.74) is 4.18. The lowest BCUT2D eigenvalue weighted by atomic mass is 10.1. The van der Waals surface area contributed by atoms with E-state index in [4.69, 9.17) is 5.11 Å². The Balaban J connectivity index is 1.96. The van der Waals surface area contributed by atoms with E-state index in [2.05, 4.69) is 45.6 Å². The van der Waals surface area contributed by atoms with Gasteiger partial charge in [-0.05, 0) is 31.2 Å². The first-order chi connectivity index (χ1) is 9.78. The molecule has 0 bridgehead atoms. The van der Waals surface area contributed by atoms with Crippen LogP contribution in [-0.2, 0) is 0 Å². The van der Waals surface area contributed by atoms with Crippen molar-refractivity contribution in [3.05, 3.63) is 42.1 Å². The van der Waals surface area contributed by atoms with E-state index < -0.39 is 0 Å². The number of hydrogen-bond donors (Lipinski definition) is 3. The molecule has 0 aliphatic rings. The van der Waals surface area contributed by atoms with Gasteiger partial charge in [0.05, 0.1) is 12.3 Å². The largest absolute Gasteiger partial charge is 0.395 e. The molecule has 0 radical (unpaired) electrons. The second kappa shape index (κ2) is 5.30. The second-order valence-corrected chi connectivity index (χ2v) is 4.71. The Labute approximate surface area is 116 Å². The number of benzene rings is 1. The number of anilines is 1. The van der Waals surface area contributed by atoms with Crippen molar-refractivity contribution in [3.63, 3.8) is 0 Å². The predicted octanol–water partition coefficient (Wildman–Crippen LogP) is 2.34. The molecule has 2 heterocycles. The second-order valence-electron chi connectivity index (χ2n) is 4.71. The number of fused-ring (bicyclic) bond motifs is 1. The normalized spacial score (nSPS) is 10.9. The van der Waals surface area contributed by atoms with Crippen LogP contribution in [0, 0.1) is 6.92 Å². The molecule has 3 rings (SSSR count). The van der Waals surface area contributed by atoms with Crippen molar-refractivity contribution in [1.82, 2.24) is 15.2 Å². The van der Waals surface area contributed by atoms with Crippen LogP contribution in [-0.4, -0.2) is 33.4 Å². The maximum absolute atomic E-state index is 8.76. The van der Waals surface area contributed by atoms with Gasteiger partial charge in [0.25, 0.3) is 0 Å². The molecule has 0 spiro atoms. The van der Waals surface area contributed by atoms with Crippen LogP contribution in [0.4, 0.5) is 5.82 Å². The van der Waals surface area contributed by atoms with Crippen LogP contribution < -0.4 is 5.32 Å². The minimum atomic E-state index is 0.0746. The lowest BCUT2D eigenvalue weighted by Gasteiger charge is -2.03. The monoisotopic (exact) mass is 268 g/mol. The molecular weight excluding hydrogens is 252 g/mol. The highest BCUT2D eigenvalue weighted by Gasteiger charge is 2.08. The zero-order valence-corrected chi connectivity index (χ0v) is 11.2. The number of nitrogens with one attached hydrogen (secondary N) is 2. The third kappa shape index (κ3) is 2.35. The molecule has 0 amide bonds. The summed E-state index contributed by atoms with van der Waals surface area (Å²) in [6.45, 7) is 2.62. The topological polar surface area (TPSA) is 73.8 Å². The molecule has 2 aromatic heterocycles. The van der Waals surface area contributed by atoms with E-state index in [-0.39, 0.29) is 6.61 Å². The standard InChI is InChI=1S/C15H16N4O/c1-10-2-3-13-11(8-10)12(9-17-13)14-4-5-15(19-18-14)16-6-7-20/h2-5,8-9,17,20H,6-7H2,1H3,(H,16,19). The smallest absolute Gasteiger partial charge is 0.148 e. The number of aromatic amines is 1. The van der Waals surface area contributed by atoms with Crippen molar-refractivity contribution in [1.29, 1.82) is 0 Å². The van der Waals surface area contributed by atoms with Crippen molar-refractivity contribution >= 4 is 16.7 Å². The molecule has 0 saturated carbocycles. The van der Waals surface area contributed by atoms with E-state index in [0.717, 1.165) is 22.2 Å². The summed E-state index contributed by atoms with van der Waals surface area (Å²) in [5.74, 6) is 0.666. The fourth-order valence-electron chi connectivity index (χ4n) is 2.20. The third-order valence-corrected chi connectivity index (χ3v) is 3.20. The van der Waals surface area contributed by atoms with Gasteiger partial charge in [-0.2, -0.15) is 0 Å². The van der Waals surface area contributed by atoms with Crippen molar-refractivity contribution in [2.45, 2.75) is 6.92 Å². The number of aromatic nitrogens is 3. The molecule has 0 aliphatic heterocycles. The van der Waals surface area contributed by atoms with Gasteiger partial charge in [0, 0.05) is 29.2 Å². The molecule has 0 aliphatic carbocycles. The Morgan fingerprint density at radius 1 is 1.20 bits per heavy atom. The molecule has 20 heavy (non-hydrogen) atoms. The maximum Gasteiger partial charge on any atom is 0.148 e. The van der Waals surface area contributed by atoms with E-state index in [1.165, 1.54) is 5.56 Å². The minimum Gasteiger partial charge on any atom is -0.395 e. The first kappa shape index (κ1) is 12.6. The number of aliphatic hydroxyl groups is 1. The van der Waals surface area contributed by atoms with Crippen molar-refractivity contribution in [2.75, 3.05) is 18.5 Å². The van der Waals surface area contributed by atoms with Crippen LogP contribution in [0.1, 0.15) is 5.56 Å². The van der Waals surface area contributed by atoms with Crippen LogP contribution in [0.3, 0.4) is 0 Å². The summed E-state index contributed by atoms with van der Waals surface area (Å²) in [6, 6.07) is 10.1. The first-order valence-corrected chi connectivity index (χ1v) is 6.54. The average molecular weight is 268 g/mol. The Hall–Kier alpha value is -2.40. The minimum absolute atomic E-state index is 0.0746. The lowest BCUT2D eigenvalue weighted by molar-refractivity contribution is 0.311. The Kier molecular flexibility index (Phi) is 3.35. The molecule has 0 fully saturated rings. The summed E-state index contributed by atoms with van der Waals surface area (Å²) in [7, 11) is 0. The summed E-state index contributed by atoms with van der Waals surface area (Å²) in [4.78, 5) is 3.25. The number of hydrogen-bond acceptors (Lipinski definition) is 4. The molecule has 5 nitrogen and oxygen atoms in total. The highest BCUT2D eigenvalue weighted by molar-refractivity contribution is 5.94. The van der Waals surface area contributed by atoms with Gasteiger partial charge in [0.1, 0.15) is 5.82 Å². The van der Waals surface area contributed by atoms with Crippen LogP contribution in [0.2, 0.25) is 0 Å². The molecule has 0 saturated heterocycles. The van der Waals surface area contributed by atoms with E-state index in [9.17, 15) is 0 Å². The SMILES string of the molecule is Cc1ccc2[nH]cc(-c3ccc(NCCO)nn3)c2c1. The third-order valence-electron chi connectivity index (χ3n) is 3.20. The van der Waals surface area contributed by atoms with Gasteiger partial charge in [-0.3, -0.25) is 0 Å². The molecule has 0 atom stereocenters. The van der Waals surface area contributed by atoms with Crippen LogP contribution in [0.15, 0.2) is 36.5 Å². The van der Waals surface area contributed by atoms with Gasteiger partial charge < -0.3 is 15.4 Å². The van der Waals surface area contributed by atoms with E-state index >= 15 is 0 Å². The molecular formula is C15H16N4O. The van der Waals surface area contributed by atoms with Gasteiger partial charge in [-0.1, -0.05) is 11.6 Å². The van der Waals surface area contributed by atoms with Gasteiger partial charge in [-0.25, -0.2) is 0 Å². The Morgan fingerprint density at radius 2 is 2.10 bits per heavy atom. The predicted molar refractivity (Wildman–Crippen MR) is 79.6 cm³/mol. The summed E-state index contributed by atoms with van der Waals surface area (Å²) >= 11 is 0. The maximum atomic E-state index is 8.76. The zero-order valence-electron chi connectivity index (χ0n) is 11.2. The van der Waals surface area contributed by atoms with Gasteiger partial charge in [-0.15, -0.1) is 10.2 Å². The highest BCUT2D eigenvalue weighted by atomic mass is 16.3. The fraction of sp³-hybridized carbons (Fsp3) is 0.200. The molecule has 0 unspecified atom stereocenters.